The van der Waals surface area contributed by atoms with Crippen LogP contribution in [-0.2, 0) is 0 Å². The SMILES string of the molecule is Cc1ccncc1C(O)c1ccc(C2CC2)cc1. The maximum atomic E-state index is 10.4. The molecule has 3 rings (SSSR count). The molecular formula is C16H17NO. The Labute approximate surface area is 107 Å². The number of aryl methyl sites for hydroxylation is 1. The molecule has 0 amide bonds. The zero-order chi connectivity index (χ0) is 12.5. The lowest BCUT2D eigenvalue weighted by atomic mass is 9.98. The third-order valence-electron chi connectivity index (χ3n) is 3.68. The fourth-order valence-corrected chi connectivity index (χ4v) is 2.31. The van der Waals surface area contributed by atoms with Crippen LogP contribution in [0.5, 0.6) is 0 Å². The summed E-state index contributed by atoms with van der Waals surface area (Å²) in [5.74, 6) is 0.760. The number of nitrogens with zero attached hydrogens (tertiary/aromatic N) is 1. The molecule has 18 heavy (non-hydrogen) atoms. The first kappa shape index (κ1) is 11.4. The van der Waals surface area contributed by atoms with E-state index in [-0.39, 0.29) is 0 Å². The van der Waals surface area contributed by atoms with E-state index >= 15 is 0 Å². The number of rotatable bonds is 3. The van der Waals surface area contributed by atoms with E-state index in [1.165, 1.54) is 18.4 Å². The predicted molar refractivity (Wildman–Crippen MR) is 71.5 cm³/mol. The van der Waals surface area contributed by atoms with Crippen LogP contribution in [0, 0.1) is 6.92 Å². The van der Waals surface area contributed by atoms with Gasteiger partial charge in [0.2, 0.25) is 0 Å². The Morgan fingerprint density at radius 3 is 2.50 bits per heavy atom. The highest BCUT2D eigenvalue weighted by molar-refractivity contribution is 5.35. The van der Waals surface area contributed by atoms with Gasteiger partial charge in [0, 0.05) is 18.0 Å². The van der Waals surface area contributed by atoms with E-state index in [9.17, 15) is 5.11 Å². The fourth-order valence-electron chi connectivity index (χ4n) is 2.31. The van der Waals surface area contributed by atoms with E-state index in [4.69, 9.17) is 0 Å². The first-order valence-electron chi connectivity index (χ1n) is 6.44. The van der Waals surface area contributed by atoms with Crippen molar-refractivity contribution in [1.82, 2.24) is 4.98 Å². The van der Waals surface area contributed by atoms with E-state index in [0.29, 0.717) is 0 Å². The maximum Gasteiger partial charge on any atom is 0.106 e. The van der Waals surface area contributed by atoms with Gasteiger partial charge in [-0.15, -0.1) is 0 Å². The largest absolute Gasteiger partial charge is 0.384 e. The molecule has 92 valence electrons. The van der Waals surface area contributed by atoms with Crippen LogP contribution >= 0.6 is 0 Å². The smallest absolute Gasteiger partial charge is 0.106 e. The highest BCUT2D eigenvalue weighted by atomic mass is 16.3. The van der Waals surface area contributed by atoms with E-state index < -0.39 is 6.10 Å². The van der Waals surface area contributed by atoms with Gasteiger partial charge in [-0.3, -0.25) is 4.98 Å². The molecule has 1 saturated carbocycles. The van der Waals surface area contributed by atoms with Crippen molar-refractivity contribution < 1.29 is 5.11 Å². The monoisotopic (exact) mass is 239 g/mol. The van der Waals surface area contributed by atoms with Crippen LogP contribution in [0.25, 0.3) is 0 Å². The van der Waals surface area contributed by atoms with Crippen LogP contribution < -0.4 is 0 Å². The summed E-state index contributed by atoms with van der Waals surface area (Å²) >= 11 is 0. The van der Waals surface area contributed by atoms with Crippen molar-refractivity contribution in [3.05, 3.63) is 65.0 Å². The van der Waals surface area contributed by atoms with E-state index in [0.717, 1.165) is 22.6 Å². The summed E-state index contributed by atoms with van der Waals surface area (Å²) in [5.41, 5.74) is 4.30. The predicted octanol–water partition coefficient (Wildman–Crippen LogP) is 3.35. The molecule has 1 heterocycles. The molecule has 1 aromatic carbocycles. The van der Waals surface area contributed by atoms with Crippen LogP contribution in [0.1, 0.15) is 47.1 Å². The van der Waals surface area contributed by atoms with Crippen LogP contribution in [0.2, 0.25) is 0 Å². The first-order chi connectivity index (χ1) is 8.75. The molecule has 1 aliphatic carbocycles. The highest BCUT2D eigenvalue weighted by Crippen LogP contribution is 2.40. The number of hydrogen-bond acceptors (Lipinski definition) is 2. The van der Waals surface area contributed by atoms with Crippen LogP contribution in [0.4, 0.5) is 0 Å². The van der Waals surface area contributed by atoms with Gasteiger partial charge in [0.05, 0.1) is 0 Å². The Bertz CT molecular complexity index is 543. The van der Waals surface area contributed by atoms with Crippen molar-refractivity contribution in [2.45, 2.75) is 31.8 Å². The summed E-state index contributed by atoms with van der Waals surface area (Å²) < 4.78 is 0. The average Bonchev–Trinajstić information content (AvgIpc) is 3.23. The van der Waals surface area contributed by atoms with Gasteiger partial charge in [-0.1, -0.05) is 24.3 Å². The maximum absolute atomic E-state index is 10.4. The molecule has 1 aliphatic rings. The summed E-state index contributed by atoms with van der Waals surface area (Å²) in [7, 11) is 0. The molecule has 1 fully saturated rings. The lowest BCUT2D eigenvalue weighted by Gasteiger charge is -2.14. The van der Waals surface area contributed by atoms with Crippen molar-refractivity contribution >= 4 is 0 Å². The Kier molecular flexibility index (Phi) is 2.88. The Hall–Kier alpha value is -1.67. The van der Waals surface area contributed by atoms with Gasteiger partial charge in [-0.2, -0.15) is 0 Å². The minimum atomic E-state index is -0.577. The molecule has 0 radical (unpaired) electrons. The Morgan fingerprint density at radius 2 is 1.89 bits per heavy atom. The molecule has 0 saturated heterocycles. The summed E-state index contributed by atoms with van der Waals surface area (Å²) in [4.78, 5) is 4.09. The van der Waals surface area contributed by atoms with Crippen molar-refractivity contribution in [2.75, 3.05) is 0 Å². The second kappa shape index (κ2) is 4.54. The van der Waals surface area contributed by atoms with Gasteiger partial charge in [0.1, 0.15) is 6.10 Å². The second-order valence-corrected chi connectivity index (χ2v) is 5.08. The lowest BCUT2D eigenvalue weighted by molar-refractivity contribution is 0.219. The molecule has 1 atom stereocenters. The third kappa shape index (κ3) is 2.16. The zero-order valence-electron chi connectivity index (χ0n) is 10.5. The third-order valence-corrected chi connectivity index (χ3v) is 3.68. The minimum absolute atomic E-state index is 0.577. The molecule has 1 N–H and O–H groups in total. The lowest BCUT2D eigenvalue weighted by Crippen LogP contribution is -2.02. The van der Waals surface area contributed by atoms with E-state index in [2.05, 4.69) is 17.1 Å². The number of aliphatic hydroxyl groups is 1. The molecule has 0 bridgehead atoms. The zero-order valence-corrected chi connectivity index (χ0v) is 10.5. The number of benzene rings is 1. The van der Waals surface area contributed by atoms with Crippen molar-refractivity contribution in [3.8, 4) is 0 Å². The van der Waals surface area contributed by atoms with Crippen molar-refractivity contribution in [3.63, 3.8) is 0 Å². The first-order valence-corrected chi connectivity index (χ1v) is 6.44. The normalized spacial score (nSPS) is 16.6. The van der Waals surface area contributed by atoms with Gasteiger partial charge in [0.15, 0.2) is 0 Å². The molecule has 2 aromatic rings. The van der Waals surface area contributed by atoms with Crippen LogP contribution in [0.15, 0.2) is 42.7 Å². The molecule has 2 nitrogen and oxygen atoms in total. The Balaban J connectivity index is 1.87. The molecule has 2 heteroatoms. The molecule has 0 spiro atoms. The van der Waals surface area contributed by atoms with Crippen LogP contribution in [-0.4, -0.2) is 10.1 Å². The molecule has 1 unspecified atom stereocenters. The van der Waals surface area contributed by atoms with Crippen molar-refractivity contribution in [2.24, 2.45) is 0 Å². The fraction of sp³-hybridized carbons (Fsp3) is 0.312. The summed E-state index contributed by atoms with van der Waals surface area (Å²) in [6.45, 7) is 2.00. The average molecular weight is 239 g/mol. The van der Waals surface area contributed by atoms with Crippen molar-refractivity contribution in [1.29, 1.82) is 0 Å². The minimum Gasteiger partial charge on any atom is -0.384 e. The van der Waals surface area contributed by atoms with E-state index in [1.807, 2.05) is 25.1 Å². The second-order valence-electron chi connectivity index (χ2n) is 5.08. The number of hydrogen-bond donors (Lipinski definition) is 1. The van der Waals surface area contributed by atoms with Gasteiger partial charge < -0.3 is 5.11 Å². The van der Waals surface area contributed by atoms with Gasteiger partial charge >= 0.3 is 0 Å². The number of aliphatic hydroxyl groups excluding tert-OH is 1. The summed E-state index contributed by atoms with van der Waals surface area (Å²) in [5, 5.41) is 10.4. The van der Waals surface area contributed by atoms with Gasteiger partial charge in [-0.25, -0.2) is 0 Å². The quantitative estimate of drug-likeness (QED) is 0.891. The number of pyridine rings is 1. The van der Waals surface area contributed by atoms with Gasteiger partial charge in [0.25, 0.3) is 0 Å². The Morgan fingerprint density at radius 1 is 1.17 bits per heavy atom. The van der Waals surface area contributed by atoms with Crippen LogP contribution in [0.3, 0.4) is 0 Å². The topological polar surface area (TPSA) is 33.1 Å². The standard InChI is InChI=1S/C16H17NO/c1-11-8-9-17-10-15(11)16(18)14-6-4-13(5-7-14)12-2-3-12/h4-10,12,16,18H,2-3H2,1H3. The van der Waals surface area contributed by atoms with E-state index in [1.54, 1.807) is 12.4 Å². The number of aromatic nitrogens is 1. The summed E-state index contributed by atoms with van der Waals surface area (Å²) in [6, 6.07) is 10.3. The highest BCUT2D eigenvalue weighted by Gasteiger charge is 2.23. The van der Waals surface area contributed by atoms with Gasteiger partial charge in [-0.05, 0) is 48.4 Å². The summed E-state index contributed by atoms with van der Waals surface area (Å²) in [6.07, 6.45) is 5.54. The molecule has 0 aliphatic heterocycles. The molecular weight excluding hydrogens is 222 g/mol. The molecule has 1 aromatic heterocycles.